The molecule has 0 amide bonds. The predicted molar refractivity (Wildman–Crippen MR) is 37.9 cm³/mol. The molecule has 10 heavy (non-hydrogen) atoms. The van der Waals surface area contributed by atoms with E-state index in [1.807, 2.05) is 0 Å². The summed E-state index contributed by atoms with van der Waals surface area (Å²) in [7, 11) is 0. The van der Waals surface area contributed by atoms with Crippen LogP contribution in [-0.2, 0) is 9.47 Å². The Kier molecular flexibility index (Phi) is 1.74. The lowest BCUT2D eigenvalue weighted by Crippen LogP contribution is -1.81. The van der Waals surface area contributed by atoms with E-state index in [0.29, 0.717) is 12.2 Å². The largest absolute Gasteiger partial charge is 0.373 e. The van der Waals surface area contributed by atoms with Gasteiger partial charge in [-0.2, -0.15) is 0 Å². The Hall–Kier alpha value is -0.340. The highest BCUT2D eigenvalue weighted by atomic mass is 16.6. The Labute approximate surface area is 60.8 Å². The van der Waals surface area contributed by atoms with E-state index >= 15 is 0 Å². The monoisotopic (exact) mass is 140 g/mol. The van der Waals surface area contributed by atoms with Crippen LogP contribution in [0.25, 0.3) is 0 Å². The zero-order valence-corrected chi connectivity index (χ0v) is 5.95. The molecule has 2 aliphatic rings. The van der Waals surface area contributed by atoms with Crippen LogP contribution >= 0.6 is 0 Å². The standard InChI is InChI=1S/C8H12O2/c1(3-7-5-9-7)2-4-8-6-10-8/h1-2,7-8H,3-6H2. The van der Waals surface area contributed by atoms with E-state index in [1.54, 1.807) is 0 Å². The molecule has 0 N–H and O–H groups in total. The summed E-state index contributed by atoms with van der Waals surface area (Å²) in [6.07, 6.45) is 7.64. The van der Waals surface area contributed by atoms with Crippen molar-refractivity contribution in [3.8, 4) is 0 Å². The predicted octanol–water partition coefficient (Wildman–Crippen LogP) is 1.12. The molecule has 0 aliphatic carbocycles. The second-order valence-electron chi connectivity index (χ2n) is 2.85. The Morgan fingerprint density at radius 1 is 1.00 bits per heavy atom. The van der Waals surface area contributed by atoms with Gasteiger partial charge in [-0.25, -0.2) is 0 Å². The molecule has 2 unspecified atom stereocenters. The molecule has 0 bridgehead atoms. The minimum absolute atomic E-state index is 0.538. The molecule has 2 rings (SSSR count). The highest BCUT2D eigenvalue weighted by Gasteiger charge is 2.21. The molecular weight excluding hydrogens is 128 g/mol. The fourth-order valence-corrected chi connectivity index (χ4v) is 0.904. The van der Waals surface area contributed by atoms with Gasteiger partial charge in [0.25, 0.3) is 0 Å². The quantitative estimate of drug-likeness (QED) is 0.432. The van der Waals surface area contributed by atoms with E-state index in [2.05, 4.69) is 12.2 Å². The average molecular weight is 140 g/mol. The van der Waals surface area contributed by atoms with Gasteiger partial charge in [0.1, 0.15) is 0 Å². The third kappa shape index (κ3) is 2.12. The maximum atomic E-state index is 5.05. The minimum Gasteiger partial charge on any atom is -0.373 e. The van der Waals surface area contributed by atoms with Crippen LogP contribution in [0.15, 0.2) is 12.2 Å². The molecular formula is C8H12O2. The van der Waals surface area contributed by atoms with Crippen LogP contribution in [0.2, 0.25) is 0 Å². The zero-order valence-electron chi connectivity index (χ0n) is 5.95. The molecule has 0 spiro atoms. The summed E-state index contributed by atoms with van der Waals surface area (Å²) in [6, 6.07) is 0. The summed E-state index contributed by atoms with van der Waals surface area (Å²) in [6.45, 7) is 1.93. The molecule has 0 aromatic rings. The molecule has 2 nitrogen and oxygen atoms in total. The highest BCUT2D eigenvalue weighted by molar-refractivity contribution is 4.91. The molecule has 56 valence electrons. The van der Waals surface area contributed by atoms with Crippen LogP contribution in [-0.4, -0.2) is 25.4 Å². The van der Waals surface area contributed by atoms with Crippen molar-refractivity contribution in [3.63, 3.8) is 0 Å². The Balaban J connectivity index is 1.53. The lowest BCUT2D eigenvalue weighted by atomic mass is 10.2. The first-order valence-electron chi connectivity index (χ1n) is 3.83. The van der Waals surface area contributed by atoms with Crippen molar-refractivity contribution in [2.75, 3.05) is 13.2 Å². The van der Waals surface area contributed by atoms with Crippen molar-refractivity contribution < 1.29 is 9.47 Å². The molecule has 0 radical (unpaired) electrons. The first kappa shape index (κ1) is 6.38. The van der Waals surface area contributed by atoms with E-state index in [-0.39, 0.29) is 0 Å². The van der Waals surface area contributed by atoms with Crippen molar-refractivity contribution >= 4 is 0 Å². The smallest absolute Gasteiger partial charge is 0.0844 e. The first-order chi connectivity index (χ1) is 4.95. The molecule has 2 heterocycles. The van der Waals surface area contributed by atoms with Gasteiger partial charge in [0.2, 0.25) is 0 Å². The normalized spacial score (nSPS) is 36.8. The highest BCUT2D eigenvalue weighted by Crippen LogP contribution is 2.16. The van der Waals surface area contributed by atoms with Crippen molar-refractivity contribution in [3.05, 3.63) is 12.2 Å². The minimum atomic E-state index is 0.538. The van der Waals surface area contributed by atoms with Crippen LogP contribution in [0.3, 0.4) is 0 Å². The second-order valence-corrected chi connectivity index (χ2v) is 2.85. The van der Waals surface area contributed by atoms with Crippen molar-refractivity contribution in [2.45, 2.75) is 25.0 Å². The molecule has 2 fully saturated rings. The van der Waals surface area contributed by atoms with Crippen molar-refractivity contribution in [1.29, 1.82) is 0 Å². The van der Waals surface area contributed by atoms with Gasteiger partial charge in [0.05, 0.1) is 25.4 Å². The van der Waals surface area contributed by atoms with Gasteiger partial charge in [-0.3, -0.25) is 0 Å². The number of ether oxygens (including phenoxy) is 2. The molecule has 0 saturated carbocycles. The van der Waals surface area contributed by atoms with Crippen LogP contribution < -0.4 is 0 Å². The number of epoxide rings is 2. The van der Waals surface area contributed by atoms with Crippen molar-refractivity contribution in [2.24, 2.45) is 0 Å². The van der Waals surface area contributed by atoms with Gasteiger partial charge in [-0.15, -0.1) is 0 Å². The lowest BCUT2D eigenvalue weighted by molar-refractivity contribution is 0.406. The van der Waals surface area contributed by atoms with Crippen LogP contribution in [0.5, 0.6) is 0 Å². The van der Waals surface area contributed by atoms with E-state index in [4.69, 9.17) is 9.47 Å². The molecule has 0 aromatic carbocycles. The van der Waals surface area contributed by atoms with Gasteiger partial charge >= 0.3 is 0 Å². The number of hydrogen-bond donors (Lipinski definition) is 0. The Bertz CT molecular complexity index is 118. The molecule has 2 atom stereocenters. The third-order valence-corrected chi connectivity index (χ3v) is 1.77. The van der Waals surface area contributed by atoms with Gasteiger partial charge in [-0.1, -0.05) is 12.2 Å². The average Bonchev–Trinajstić information content (AvgIpc) is 2.77. The SMILES string of the molecule is C(=CCC1CO1)CC1CO1. The van der Waals surface area contributed by atoms with Gasteiger partial charge < -0.3 is 9.47 Å². The van der Waals surface area contributed by atoms with Gasteiger partial charge in [0.15, 0.2) is 0 Å². The maximum absolute atomic E-state index is 5.05. The maximum Gasteiger partial charge on any atom is 0.0844 e. The molecule has 0 aromatic heterocycles. The summed E-state index contributed by atoms with van der Waals surface area (Å²) in [5, 5.41) is 0. The Morgan fingerprint density at radius 3 is 1.70 bits per heavy atom. The first-order valence-corrected chi connectivity index (χ1v) is 3.83. The molecule has 2 heteroatoms. The fourth-order valence-electron chi connectivity index (χ4n) is 0.904. The van der Waals surface area contributed by atoms with E-state index in [1.165, 1.54) is 0 Å². The van der Waals surface area contributed by atoms with Crippen molar-refractivity contribution in [1.82, 2.24) is 0 Å². The number of hydrogen-bond acceptors (Lipinski definition) is 2. The zero-order chi connectivity index (χ0) is 6.81. The molecule has 2 aliphatic heterocycles. The third-order valence-electron chi connectivity index (χ3n) is 1.77. The fraction of sp³-hybridized carbons (Fsp3) is 0.750. The Morgan fingerprint density at radius 2 is 1.40 bits per heavy atom. The van der Waals surface area contributed by atoms with Gasteiger partial charge in [0, 0.05) is 0 Å². The van der Waals surface area contributed by atoms with Crippen LogP contribution in [0.1, 0.15) is 12.8 Å². The second kappa shape index (κ2) is 2.72. The van der Waals surface area contributed by atoms with E-state index in [9.17, 15) is 0 Å². The summed E-state index contributed by atoms with van der Waals surface area (Å²) >= 11 is 0. The van der Waals surface area contributed by atoms with E-state index in [0.717, 1.165) is 26.1 Å². The van der Waals surface area contributed by atoms with Gasteiger partial charge in [-0.05, 0) is 12.8 Å². The van der Waals surface area contributed by atoms with Crippen LogP contribution in [0, 0.1) is 0 Å². The van der Waals surface area contributed by atoms with E-state index < -0.39 is 0 Å². The topological polar surface area (TPSA) is 25.1 Å². The van der Waals surface area contributed by atoms with Crippen LogP contribution in [0.4, 0.5) is 0 Å². The summed E-state index contributed by atoms with van der Waals surface area (Å²) < 4.78 is 10.1. The number of rotatable bonds is 4. The summed E-state index contributed by atoms with van der Waals surface area (Å²) in [4.78, 5) is 0. The molecule has 2 saturated heterocycles. The summed E-state index contributed by atoms with van der Waals surface area (Å²) in [5.41, 5.74) is 0. The summed E-state index contributed by atoms with van der Waals surface area (Å²) in [5.74, 6) is 0. The lowest BCUT2D eigenvalue weighted by Gasteiger charge is -1.83.